The highest BCUT2D eigenvalue weighted by atomic mass is 16.5. The molecule has 1 aromatic heterocycles. The Hall–Kier alpha value is -2.30. The molecule has 0 saturated heterocycles. The summed E-state index contributed by atoms with van der Waals surface area (Å²) in [5.74, 6) is 0.892. The quantitative estimate of drug-likeness (QED) is 0.874. The first kappa shape index (κ1) is 11.2. The van der Waals surface area contributed by atoms with Crippen LogP contribution in [0, 0.1) is 0 Å². The first-order chi connectivity index (χ1) is 8.20. The molecule has 88 valence electrons. The number of aryl methyl sites for hydroxylation is 1. The Balaban J connectivity index is 2.10. The minimum Gasteiger partial charge on any atom is -0.497 e. The van der Waals surface area contributed by atoms with E-state index in [-0.39, 0.29) is 5.91 Å². The molecule has 1 aromatic carbocycles. The van der Waals surface area contributed by atoms with E-state index < -0.39 is 0 Å². The van der Waals surface area contributed by atoms with Crippen LogP contribution in [0.15, 0.2) is 36.7 Å². The van der Waals surface area contributed by atoms with Gasteiger partial charge < -0.3 is 14.6 Å². The maximum absolute atomic E-state index is 11.8. The molecule has 0 spiro atoms. The molecular formula is C12H13N3O2. The minimum absolute atomic E-state index is 0.234. The summed E-state index contributed by atoms with van der Waals surface area (Å²) in [7, 11) is 3.37. The number of hydrogen-bond donors (Lipinski definition) is 1. The first-order valence-electron chi connectivity index (χ1n) is 5.13. The summed E-state index contributed by atoms with van der Waals surface area (Å²) in [4.78, 5) is 15.8. The van der Waals surface area contributed by atoms with E-state index in [2.05, 4.69) is 10.3 Å². The fourth-order valence-corrected chi connectivity index (χ4v) is 1.45. The maximum Gasteiger partial charge on any atom is 0.291 e. The summed E-state index contributed by atoms with van der Waals surface area (Å²) in [5, 5.41) is 2.76. The molecule has 17 heavy (non-hydrogen) atoms. The van der Waals surface area contributed by atoms with Gasteiger partial charge >= 0.3 is 0 Å². The number of rotatable bonds is 3. The minimum atomic E-state index is -0.234. The Bertz CT molecular complexity index is 517. The van der Waals surface area contributed by atoms with Crippen molar-refractivity contribution in [2.45, 2.75) is 0 Å². The van der Waals surface area contributed by atoms with Crippen molar-refractivity contribution in [2.24, 2.45) is 7.05 Å². The molecule has 1 heterocycles. The molecule has 0 aliphatic rings. The Morgan fingerprint density at radius 2 is 2.06 bits per heavy atom. The van der Waals surface area contributed by atoms with E-state index in [1.54, 1.807) is 55.4 Å². The van der Waals surface area contributed by atoms with E-state index >= 15 is 0 Å². The van der Waals surface area contributed by atoms with Crippen molar-refractivity contribution in [3.63, 3.8) is 0 Å². The zero-order chi connectivity index (χ0) is 12.3. The van der Waals surface area contributed by atoms with Crippen LogP contribution in [-0.4, -0.2) is 22.6 Å². The van der Waals surface area contributed by atoms with Gasteiger partial charge in [0.25, 0.3) is 5.91 Å². The topological polar surface area (TPSA) is 56.1 Å². The molecule has 0 aliphatic heterocycles. The van der Waals surface area contributed by atoms with E-state index in [9.17, 15) is 4.79 Å². The highest BCUT2D eigenvalue weighted by molar-refractivity contribution is 6.01. The standard InChI is InChI=1S/C12H13N3O2/c1-15-8-7-13-11(15)12(16)14-9-3-5-10(17-2)6-4-9/h3-8H,1-2H3,(H,14,16). The number of methoxy groups -OCH3 is 1. The molecule has 5 heteroatoms. The number of benzene rings is 1. The molecule has 0 saturated carbocycles. The van der Waals surface area contributed by atoms with Gasteiger partial charge in [0.1, 0.15) is 5.75 Å². The number of anilines is 1. The number of ether oxygens (including phenoxy) is 1. The van der Waals surface area contributed by atoms with E-state index in [1.807, 2.05) is 0 Å². The van der Waals surface area contributed by atoms with Crippen LogP contribution in [-0.2, 0) is 7.05 Å². The Kier molecular flexibility index (Phi) is 3.09. The molecule has 0 bridgehead atoms. The summed E-state index contributed by atoms with van der Waals surface area (Å²) < 4.78 is 6.70. The van der Waals surface area contributed by atoms with E-state index in [4.69, 9.17) is 4.74 Å². The number of carbonyl (C=O) groups is 1. The molecule has 1 N–H and O–H groups in total. The van der Waals surface area contributed by atoms with Crippen LogP contribution in [0.4, 0.5) is 5.69 Å². The van der Waals surface area contributed by atoms with Crippen LogP contribution >= 0.6 is 0 Å². The fourth-order valence-electron chi connectivity index (χ4n) is 1.45. The lowest BCUT2D eigenvalue weighted by atomic mass is 10.3. The summed E-state index contributed by atoms with van der Waals surface area (Å²) in [5.41, 5.74) is 0.707. The number of aromatic nitrogens is 2. The van der Waals surface area contributed by atoms with Gasteiger partial charge in [0.2, 0.25) is 0 Å². The van der Waals surface area contributed by atoms with Crippen LogP contribution in [0.2, 0.25) is 0 Å². The van der Waals surface area contributed by atoms with Gasteiger partial charge in [-0.2, -0.15) is 0 Å². The van der Waals surface area contributed by atoms with Gasteiger partial charge in [-0.1, -0.05) is 0 Å². The Morgan fingerprint density at radius 1 is 1.35 bits per heavy atom. The lowest BCUT2D eigenvalue weighted by molar-refractivity contribution is 0.101. The Morgan fingerprint density at radius 3 is 2.59 bits per heavy atom. The predicted molar refractivity (Wildman–Crippen MR) is 64.2 cm³/mol. The van der Waals surface area contributed by atoms with Crippen molar-refractivity contribution in [1.29, 1.82) is 0 Å². The second-order valence-corrected chi connectivity index (χ2v) is 3.54. The first-order valence-corrected chi connectivity index (χ1v) is 5.13. The molecule has 0 unspecified atom stereocenters. The summed E-state index contributed by atoms with van der Waals surface area (Å²) in [6.07, 6.45) is 3.31. The molecule has 5 nitrogen and oxygen atoms in total. The molecule has 0 fully saturated rings. The van der Waals surface area contributed by atoms with Gasteiger partial charge in [0, 0.05) is 25.1 Å². The largest absolute Gasteiger partial charge is 0.497 e. The zero-order valence-electron chi connectivity index (χ0n) is 9.68. The van der Waals surface area contributed by atoms with Gasteiger partial charge in [-0.25, -0.2) is 4.98 Å². The third kappa shape index (κ3) is 2.44. The third-order valence-electron chi connectivity index (χ3n) is 2.37. The van der Waals surface area contributed by atoms with Crippen molar-refractivity contribution in [3.05, 3.63) is 42.5 Å². The molecule has 0 atom stereocenters. The van der Waals surface area contributed by atoms with Crippen LogP contribution in [0.25, 0.3) is 0 Å². The summed E-state index contributed by atoms with van der Waals surface area (Å²) in [6, 6.07) is 7.13. The van der Waals surface area contributed by atoms with Gasteiger partial charge in [-0.15, -0.1) is 0 Å². The van der Waals surface area contributed by atoms with Crippen LogP contribution in [0.3, 0.4) is 0 Å². The van der Waals surface area contributed by atoms with Crippen LogP contribution in [0.5, 0.6) is 5.75 Å². The van der Waals surface area contributed by atoms with Crippen molar-refractivity contribution >= 4 is 11.6 Å². The van der Waals surface area contributed by atoms with Crippen molar-refractivity contribution < 1.29 is 9.53 Å². The van der Waals surface area contributed by atoms with Crippen LogP contribution < -0.4 is 10.1 Å². The van der Waals surface area contributed by atoms with Gasteiger partial charge in [-0.05, 0) is 24.3 Å². The number of amides is 1. The van der Waals surface area contributed by atoms with E-state index in [0.29, 0.717) is 11.5 Å². The molecule has 0 radical (unpaired) electrons. The Labute approximate surface area is 99.0 Å². The van der Waals surface area contributed by atoms with Gasteiger partial charge in [-0.3, -0.25) is 4.79 Å². The lowest BCUT2D eigenvalue weighted by Crippen LogP contribution is -2.16. The summed E-state index contributed by atoms with van der Waals surface area (Å²) >= 11 is 0. The average molecular weight is 231 g/mol. The zero-order valence-corrected chi connectivity index (χ0v) is 9.68. The number of nitrogens with one attached hydrogen (secondary N) is 1. The summed E-state index contributed by atoms with van der Waals surface area (Å²) in [6.45, 7) is 0. The third-order valence-corrected chi connectivity index (χ3v) is 2.37. The smallest absolute Gasteiger partial charge is 0.291 e. The van der Waals surface area contributed by atoms with Gasteiger partial charge in [0.05, 0.1) is 7.11 Å². The molecular weight excluding hydrogens is 218 g/mol. The SMILES string of the molecule is COc1ccc(NC(=O)c2nccn2C)cc1. The average Bonchev–Trinajstić information content (AvgIpc) is 2.76. The fraction of sp³-hybridized carbons (Fsp3) is 0.167. The molecule has 1 amide bonds. The van der Waals surface area contributed by atoms with E-state index in [1.165, 1.54) is 0 Å². The number of hydrogen-bond acceptors (Lipinski definition) is 3. The number of carbonyl (C=O) groups excluding carboxylic acids is 1. The monoisotopic (exact) mass is 231 g/mol. The second kappa shape index (κ2) is 4.69. The second-order valence-electron chi connectivity index (χ2n) is 3.54. The van der Waals surface area contributed by atoms with Crippen molar-refractivity contribution in [3.8, 4) is 5.75 Å². The maximum atomic E-state index is 11.8. The highest BCUT2D eigenvalue weighted by Gasteiger charge is 2.10. The van der Waals surface area contributed by atoms with Crippen LogP contribution in [0.1, 0.15) is 10.6 Å². The number of imidazole rings is 1. The normalized spacial score (nSPS) is 10.0. The van der Waals surface area contributed by atoms with Crippen molar-refractivity contribution in [1.82, 2.24) is 9.55 Å². The highest BCUT2D eigenvalue weighted by Crippen LogP contribution is 2.15. The van der Waals surface area contributed by atoms with Crippen molar-refractivity contribution in [2.75, 3.05) is 12.4 Å². The molecule has 2 rings (SSSR count). The number of nitrogens with zero attached hydrogens (tertiary/aromatic N) is 2. The molecule has 2 aromatic rings. The predicted octanol–water partition coefficient (Wildman–Crippen LogP) is 1.68. The molecule has 0 aliphatic carbocycles. The lowest BCUT2D eigenvalue weighted by Gasteiger charge is -2.05. The van der Waals surface area contributed by atoms with E-state index in [0.717, 1.165) is 5.75 Å². The van der Waals surface area contributed by atoms with Gasteiger partial charge in [0.15, 0.2) is 5.82 Å².